The molecule has 0 spiro atoms. The van der Waals surface area contributed by atoms with Crippen molar-refractivity contribution >= 4 is 39.9 Å². The van der Waals surface area contributed by atoms with Crippen molar-refractivity contribution in [3.8, 4) is 5.75 Å². The van der Waals surface area contributed by atoms with Gasteiger partial charge in [0, 0.05) is 17.4 Å². The Kier molecular flexibility index (Phi) is 5.04. The van der Waals surface area contributed by atoms with Gasteiger partial charge in [-0.3, -0.25) is 4.79 Å². The van der Waals surface area contributed by atoms with E-state index in [4.69, 9.17) is 15.0 Å². The number of benzene rings is 1. The minimum atomic E-state index is -0.435. The Morgan fingerprint density at radius 1 is 1.36 bits per heavy atom. The standard InChI is InChI=1S/C16H17BrN4O3.ClH/c17-10-2-3-11-12(8-10)23-9-14(22)21(11)7-4-13-19-15(20-24-13)16(18)5-1-6-16;/h2-3,8H,1,4-7,9,18H2;1H. The summed E-state index contributed by atoms with van der Waals surface area (Å²) in [5, 5.41) is 4.00. The van der Waals surface area contributed by atoms with E-state index in [9.17, 15) is 4.79 Å². The number of rotatable bonds is 4. The Balaban J connectivity index is 0.00000182. The molecule has 1 amide bonds. The molecule has 2 N–H and O–H groups in total. The van der Waals surface area contributed by atoms with Crippen LogP contribution in [-0.4, -0.2) is 29.2 Å². The van der Waals surface area contributed by atoms with E-state index in [1.165, 1.54) is 0 Å². The monoisotopic (exact) mass is 428 g/mol. The number of carbonyl (C=O) groups excluding carboxylic acids is 1. The van der Waals surface area contributed by atoms with Crippen LogP contribution in [0.4, 0.5) is 5.69 Å². The van der Waals surface area contributed by atoms with Gasteiger partial charge in [-0.25, -0.2) is 0 Å². The molecule has 1 aromatic carbocycles. The van der Waals surface area contributed by atoms with Crippen LogP contribution in [0.25, 0.3) is 0 Å². The molecule has 25 heavy (non-hydrogen) atoms. The van der Waals surface area contributed by atoms with Crippen molar-refractivity contribution in [1.82, 2.24) is 10.1 Å². The van der Waals surface area contributed by atoms with Gasteiger partial charge in [-0.05, 0) is 37.5 Å². The molecular weight excluding hydrogens is 412 g/mol. The van der Waals surface area contributed by atoms with Crippen LogP contribution in [0, 0.1) is 0 Å². The van der Waals surface area contributed by atoms with E-state index in [-0.39, 0.29) is 24.9 Å². The first kappa shape index (κ1) is 18.2. The van der Waals surface area contributed by atoms with Crippen LogP contribution in [0.5, 0.6) is 5.75 Å². The molecule has 1 aliphatic heterocycles. The summed E-state index contributed by atoms with van der Waals surface area (Å²) in [6, 6.07) is 5.60. The molecule has 4 rings (SSSR count). The summed E-state index contributed by atoms with van der Waals surface area (Å²) in [4.78, 5) is 18.3. The van der Waals surface area contributed by atoms with Gasteiger partial charge < -0.3 is 19.9 Å². The fourth-order valence-corrected chi connectivity index (χ4v) is 3.31. The Morgan fingerprint density at radius 2 is 2.16 bits per heavy atom. The topological polar surface area (TPSA) is 94.5 Å². The van der Waals surface area contributed by atoms with Crippen LogP contribution >= 0.6 is 28.3 Å². The molecule has 7 nitrogen and oxygen atoms in total. The lowest BCUT2D eigenvalue weighted by Gasteiger charge is -2.34. The van der Waals surface area contributed by atoms with Crippen molar-refractivity contribution in [1.29, 1.82) is 0 Å². The molecule has 0 atom stereocenters. The molecule has 2 aromatic rings. The highest BCUT2D eigenvalue weighted by Crippen LogP contribution is 2.37. The maximum absolute atomic E-state index is 12.2. The zero-order valence-electron chi connectivity index (χ0n) is 13.4. The number of anilines is 1. The van der Waals surface area contributed by atoms with Crippen molar-refractivity contribution < 1.29 is 14.1 Å². The maximum atomic E-state index is 12.2. The first-order chi connectivity index (χ1) is 11.5. The van der Waals surface area contributed by atoms with E-state index < -0.39 is 5.54 Å². The van der Waals surface area contributed by atoms with Crippen LogP contribution in [0.15, 0.2) is 27.2 Å². The lowest BCUT2D eigenvalue weighted by atomic mass is 9.77. The fraction of sp³-hybridized carbons (Fsp3) is 0.438. The maximum Gasteiger partial charge on any atom is 0.265 e. The first-order valence-corrected chi connectivity index (χ1v) is 8.69. The number of hydrogen-bond donors (Lipinski definition) is 1. The van der Waals surface area contributed by atoms with Crippen molar-refractivity contribution in [2.24, 2.45) is 5.73 Å². The Hall–Kier alpha value is -1.64. The summed E-state index contributed by atoms with van der Waals surface area (Å²) in [6.07, 6.45) is 3.34. The number of nitrogens with two attached hydrogens (primary N) is 1. The number of hydrogen-bond acceptors (Lipinski definition) is 6. The molecule has 134 valence electrons. The predicted molar refractivity (Wildman–Crippen MR) is 97.0 cm³/mol. The number of fused-ring (bicyclic) bond motifs is 1. The van der Waals surface area contributed by atoms with Crippen LogP contribution in [0.3, 0.4) is 0 Å². The Morgan fingerprint density at radius 3 is 2.88 bits per heavy atom. The minimum absolute atomic E-state index is 0. The second-order valence-electron chi connectivity index (χ2n) is 6.22. The van der Waals surface area contributed by atoms with Gasteiger partial charge in [0.2, 0.25) is 5.89 Å². The highest BCUT2D eigenvalue weighted by molar-refractivity contribution is 9.10. The number of aromatic nitrogens is 2. The lowest BCUT2D eigenvalue weighted by Crippen LogP contribution is -2.44. The molecule has 1 saturated carbocycles. The Bertz CT molecular complexity index is 793. The number of ether oxygens (including phenoxy) is 1. The third-order valence-electron chi connectivity index (χ3n) is 4.57. The molecule has 9 heteroatoms. The first-order valence-electron chi connectivity index (χ1n) is 7.90. The molecule has 0 unspecified atom stereocenters. The van der Waals surface area contributed by atoms with Gasteiger partial charge in [-0.15, -0.1) is 12.4 Å². The highest BCUT2D eigenvalue weighted by Gasteiger charge is 2.39. The minimum Gasteiger partial charge on any atom is -0.482 e. The number of halogens is 2. The zero-order valence-corrected chi connectivity index (χ0v) is 15.8. The summed E-state index contributed by atoms with van der Waals surface area (Å²) in [6.45, 7) is 0.487. The quantitative estimate of drug-likeness (QED) is 0.802. The fourth-order valence-electron chi connectivity index (χ4n) is 2.97. The van der Waals surface area contributed by atoms with Gasteiger partial charge >= 0.3 is 0 Å². The van der Waals surface area contributed by atoms with Gasteiger partial charge in [0.25, 0.3) is 5.91 Å². The predicted octanol–water partition coefficient (Wildman–Crippen LogP) is 2.56. The van der Waals surface area contributed by atoms with E-state index in [0.717, 1.165) is 29.4 Å². The zero-order chi connectivity index (χ0) is 16.7. The third-order valence-corrected chi connectivity index (χ3v) is 5.07. The van der Waals surface area contributed by atoms with Crippen LogP contribution in [-0.2, 0) is 16.8 Å². The summed E-state index contributed by atoms with van der Waals surface area (Å²) in [5.74, 6) is 1.67. The van der Waals surface area contributed by atoms with Gasteiger partial charge in [-0.2, -0.15) is 4.98 Å². The van der Waals surface area contributed by atoms with Crippen LogP contribution in [0.1, 0.15) is 31.0 Å². The Labute approximate surface area is 159 Å². The van der Waals surface area contributed by atoms with E-state index >= 15 is 0 Å². The van der Waals surface area contributed by atoms with Crippen LogP contribution < -0.4 is 15.4 Å². The molecule has 0 saturated heterocycles. The molecule has 1 aliphatic carbocycles. The van der Waals surface area contributed by atoms with E-state index in [0.29, 0.717) is 30.4 Å². The average Bonchev–Trinajstić information content (AvgIpc) is 3.01. The number of amides is 1. The van der Waals surface area contributed by atoms with Crippen molar-refractivity contribution in [2.45, 2.75) is 31.2 Å². The molecule has 1 aromatic heterocycles. The van der Waals surface area contributed by atoms with Crippen molar-refractivity contribution in [3.05, 3.63) is 34.4 Å². The smallest absolute Gasteiger partial charge is 0.265 e. The van der Waals surface area contributed by atoms with Crippen molar-refractivity contribution in [2.75, 3.05) is 18.1 Å². The van der Waals surface area contributed by atoms with Gasteiger partial charge in [0.1, 0.15) is 5.75 Å². The average molecular weight is 430 g/mol. The molecule has 0 bridgehead atoms. The number of carbonyl (C=O) groups is 1. The number of nitrogens with zero attached hydrogens (tertiary/aromatic N) is 3. The molecular formula is C16H18BrClN4O3. The second kappa shape index (κ2) is 6.93. The van der Waals surface area contributed by atoms with E-state index in [1.807, 2.05) is 18.2 Å². The largest absolute Gasteiger partial charge is 0.482 e. The molecule has 0 radical (unpaired) electrons. The van der Waals surface area contributed by atoms with Gasteiger partial charge in [0.05, 0.1) is 11.2 Å². The highest BCUT2D eigenvalue weighted by atomic mass is 79.9. The summed E-state index contributed by atoms with van der Waals surface area (Å²) >= 11 is 3.41. The SMILES string of the molecule is Cl.NC1(c2noc(CCN3C(=O)COc4cc(Br)ccc43)n2)CCC1. The summed E-state index contributed by atoms with van der Waals surface area (Å²) in [5.41, 5.74) is 6.52. The van der Waals surface area contributed by atoms with Gasteiger partial charge in [0.15, 0.2) is 12.4 Å². The van der Waals surface area contributed by atoms with Crippen LogP contribution in [0.2, 0.25) is 0 Å². The van der Waals surface area contributed by atoms with E-state index in [2.05, 4.69) is 26.1 Å². The summed E-state index contributed by atoms with van der Waals surface area (Å²) in [7, 11) is 0. The molecule has 1 fully saturated rings. The normalized spacial score (nSPS) is 18.0. The van der Waals surface area contributed by atoms with Crippen molar-refractivity contribution in [3.63, 3.8) is 0 Å². The third kappa shape index (κ3) is 3.38. The van der Waals surface area contributed by atoms with Gasteiger partial charge in [-0.1, -0.05) is 21.1 Å². The van der Waals surface area contributed by atoms with E-state index in [1.54, 1.807) is 4.90 Å². The lowest BCUT2D eigenvalue weighted by molar-refractivity contribution is -0.121. The summed E-state index contributed by atoms with van der Waals surface area (Å²) < 4.78 is 11.7. The molecule has 2 heterocycles. The second-order valence-corrected chi connectivity index (χ2v) is 7.13. The molecule has 2 aliphatic rings.